The number of aromatic nitrogens is 1. The normalized spacial score (nSPS) is 10.2. The van der Waals surface area contributed by atoms with Crippen LogP contribution in [-0.4, -0.2) is 22.9 Å². The zero-order valence-electron chi connectivity index (χ0n) is 13.4. The molecule has 0 fully saturated rings. The first-order valence-corrected chi connectivity index (χ1v) is 7.36. The van der Waals surface area contributed by atoms with Crippen LogP contribution in [0.5, 0.6) is 0 Å². The topological polar surface area (TPSA) is 72.1 Å². The molecule has 0 aliphatic carbocycles. The minimum atomic E-state index is -0.357. The summed E-state index contributed by atoms with van der Waals surface area (Å²) in [4.78, 5) is 23.7. The van der Waals surface area contributed by atoms with Crippen molar-refractivity contribution >= 4 is 11.8 Å². The Morgan fingerprint density at radius 2 is 1.87 bits per heavy atom. The largest absolute Gasteiger partial charge is 0.462 e. The molecule has 5 nitrogen and oxygen atoms in total. The molecule has 1 heterocycles. The first-order chi connectivity index (χ1) is 11.0. The van der Waals surface area contributed by atoms with Gasteiger partial charge in [0.2, 0.25) is 0 Å². The predicted octanol–water partition coefficient (Wildman–Crippen LogP) is 3.37. The number of ketones is 1. The fraction of sp³-hybridized carbons (Fsp3) is 0.278. The molecular formula is C18H18N2O3. The van der Waals surface area contributed by atoms with E-state index in [1.165, 1.54) is 0 Å². The Bertz CT molecular complexity index is 780. The highest BCUT2D eigenvalue weighted by Crippen LogP contribution is 2.22. The van der Waals surface area contributed by atoms with E-state index in [4.69, 9.17) is 10.00 Å². The lowest BCUT2D eigenvalue weighted by atomic mass is 10.1. The number of carbonyl (C=O) groups is 2. The quantitative estimate of drug-likeness (QED) is 0.627. The lowest BCUT2D eigenvalue weighted by Crippen LogP contribution is -2.06. The minimum absolute atomic E-state index is 0.133. The second-order valence-corrected chi connectivity index (χ2v) is 5.15. The van der Waals surface area contributed by atoms with Gasteiger partial charge in [-0.2, -0.15) is 5.26 Å². The van der Waals surface area contributed by atoms with Gasteiger partial charge in [-0.3, -0.25) is 4.79 Å². The number of aryl methyl sites for hydroxylation is 1. The van der Waals surface area contributed by atoms with Crippen LogP contribution in [0.4, 0.5) is 0 Å². The van der Waals surface area contributed by atoms with Gasteiger partial charge in [-0.1, -0.05) is 0 Å². The smallest absolute Gasteiger partial charge is 0.338 e. The van der Waals surface area contributed by atoms with Crippen LogP contribution in [0.3, 0.4) is 0 Å². The maximum absolute atomic E-state index is 12.0. The van der Waals surface area contributed by atoms with Crippen LogP contribution < -0.4 is 0 Å². The fourth-order valence-corrected chi connectivity index (χ4v) is 2.57. The standard InChI is InChI=1S/C18H18N2O3/c1-4-23-18(22)14-5-7-15(8-6-14)20-12(2)11-16(13(20)3)17(21)9-10-19/h5-8,11H,4,9H2,1-3H3. The number of hydrogen-bond acceptors (Lipinski definition) is 4. The van der Waals surface area contributed by atoms with E-state index in [2.05, 4.69) is 0 Å². The van der Waals surface area contributed by atoms with Crippen molar-refractivity contribution in [3.63, 3.8) is 0 Å². The Balaban J connectivity index is 2.38. The molecule has 0 amide bonds. The van der Waals surface area contributed by atoms with Crippen molar-refractivity contribution < 1.29 is 14.3 Å². The van der Waals surface area contributed by atoms with Crippen LogP contribution in [0.2, 0.25) is 0 Å². The van der Waals surface area contributed by atoms with Crippen LogP contribution in [0, 0.1) is 25.2 Å². The molecule has 0 bridgehead atoms. The van der Waals surface area contributed by atoms with Crippen molar-refractivity contribution in [1.82, 2.24) is 4.57 Å². The number of ether oxygens (including phenoxy) is 1. The monoisotopic (exact) mass is 310 g/mol. The SMILES string of the molecule is CCOC(=O)c1ccc(-n2c(C)cc(C(=O)CC#N)c2C)cc1. The highest BCUT2D eigenvalue weighted by molar-refractivity contribution is 5.99. The van der Waals surface area contributed by atoms with Crippen molar-refractivity contribution in [3.8, 4) is 11.8 Å². The van der Waals surface area contributed by atoms with Crippen LogP contribution in [0.15, 0.2) is 30.3 Å². The Hall–Kier alpha value is -2.87. The van der Waals surface area contributed by atoms with Gasteiger partial charge in [0.1, 0.15) is 0 Å². The lowest BCUT2D eigenvalue weighted by molar-refractivity contribution is 0.0526. The molecule has 1 aromatic carbocycles. The summed E-state index contributed by atoms with van der Waals surface area (Å²) in [6.45, 7) is 5.84. The summed E-state index contributed by atoms with van der Waals surface area (Å²) in [5, 5.41) is 8.69. The highest BCUT2D eigenvalue weighted by Gasteiger charge is 2.16. The second kappa shape index (κ2) is 6.93. The number of hydrogen-bond donors (Lipinski definition) is 0. The first-order valence-electron chi connectivity index (χ1n) is 7.36. The molecule has 118 valence electrons. The number of benzene rings is 1. The van der Waals surface area contributed by atoms with Gasteiger partial charge >= 0.3 is 5.97 Å². The summed E-state index contributed by atoms with van der Waals surface area (Å²) in [5.74, 6) is -0.542. The zero-order chi connectivity index (χ0) is 17.0. The Labute approximate surface area is 135 Å². The third-order valence-electron chi connectivity index (χ3n) is 3.61. The Morgan fingerprint density at radius 3 is 2.43 bits per heavy atom. The van der Waals surface area contributed by atoms with Crippen molar-refractivity contribution in [2.24, 2.45) is 0 Å². The summed E-state index contributed by atoms with van der Waals surface area (Å²) in [7, 11) is 0. The van der Waals surface area contributed by atoms with E-state index >= 15 is 0 Å². The lowest BCUT2D eigenvalue weighted by Gasteiger charge is -2.10. The molecule has 2 rings (SSSR count). The first kappa shape index (κ1) is 16.5. The molecule has 2 aromatic rings. The number of esters is 1. The number of nitrogens with zero attached hydrogens (tertiary/aromatic N) is 2. The number of rotatable bonds is 5. The number of nitriles is 1. The van der Waals surface area contributed by atoms with E-state index in [-0.39, 0.29) is 18.2 Å². The average molecular weight is 310 g/mol. The van der Waals surface area contributed by atoms with Gasteiger partial charge < -0.3 is 9.30 Å². The van der Waals surface area contributed by atoms with Crippen LogP contribution in [0.25, 0.3) is 5.69 Å². The maximum atomic E-state index is 12.0. The van der Waals surface area contributed by atoms with Gasteiger partial charge in [-0.05, 0) is 51.1 Å². The maximum Gasteiger partial charge on any atom is 0.338 e. The summed E-state index contributed by atoms with van der Waals surface area (Å²) < 4.78 is 6.89. The minimum Gasteiger partial charge on any atom is -0.462 e. The molecule has 5 heteroatoms. The van der Waals surface area contributed by atoms with Crippen LogP contribution in [0.1, 0.15) is 45.4 Å². The Kier molecular flexibility index (Phi) is 4.97. The van der Waals surface area contributed by atoms with Gasteiger partial charge in [0.05, 0.1) is 24.7 Å². The predicted molar refractivity (Wildman–Crippen MR) is 85.8 cm³/mol. The second-order valence-electron chi connectivity index (χ2n) is 5.15. The summed E-state index contributed by atoms with van der Waals surface area (Å²) in [6, 6.07) is 10.7. The van der Waals surface area contributed by atoms with Crippen molar-refractivity contribution in [3.05, 3.63) is 52.8 Å². The molecule has 0 saturated carbocycles. The van der Waals surface area contributed by atoms with Crippen molar-refractivity contribution in [2.45, 2.75) is 27.2 Å². The molecule has 0 unspecified atom stereocenters. The van der Waals surface area contributed by atoms with E-state index in [1.54, 1.807) is 25.1 Å². The third-order valence-corrected chi connectivity index (χ3v) is 3.61. The van der Waals surface area contributed by atoms with E-state index < -0.39 is 0 Å². The molecule has 0 spiro atoms. The summed E-state index contributed by atoms with van der Waals surface area (Å²) in [5.41, 5.74) is 3.57. The molecule has 0 radical (unpaired) electrons. The van der Waals surface area contributed by atoms with E-state index in [0.29, 0.717) is 17.7 Å². The van der Waals surface area contributed by atoms with Crippen LogP contribution >= 0.6 is 0 Å². The van der Waals surface area contributed by atoms with Gasteiger partial charge in [0.25, 0.3) is 0 Å². The Morgan fingerprint density at radius 1 is 1.22 bits per heavy atom. The van der Waals surface area contributed by atoms with Crippen molar-refractivity contribution in [2.75, 3.05) is 6.61 Å². The molecule has 23 heavy (non-hydrogen) atoms. The van der Waals surface area contributed by atoms with Gasteiger partial charge in [0, 0.05) is 22.6 Å². The molecule has 0 aliphatic heterocycles. The summed E-state index contributed by atoms with van der Waals surface area (Å²) >= 11 is 0. The van der Waals surface area contributed by atoms with Gasteiger partial charge in [0.15, 0.2) is 5.78 Å². The molecule has 1 aromatic heterocycles. The molecule has 0 saturated heterocycles. The number of carbonyl (C=O) groups excluding carboxylic acids is 2. The zero-order valence-corrected chi connectivity index (χ0v) is 13.4. The molecule has 0 N–H and O–H groups in total. The van der Waals surface area contributed by atoms with Gasteiger partial charge in [-0.25, -0.2) is 4.79 Å². The molecule has 0 aliphatic rings. The van der Waals surface area contributed by atoms with E-state index in [0.717, 1.165) is 17.1 Å². The number of Topliss-reactive ketones (excluding diaryl/α,β-unsaturated/α-hetero) is 1. The average Bonchev–Trinajstić information content (AvgIpc) is 2.83. The highest BCUT2D eigenvalue weighted by atomic mass is 16.5. The van der Waals surface area contributed by atoms with Gasteiger partial charge in [-0.15, -0.1) is 0 Å². The van der Waals surface area contributed by atoms with Crippen molar-refractivity contribution in [1.29, 1.82) is 5.26 Å². The molecule has 0 atom stereocenters. The third kappa shape index (κ3) is 3.32. The van der Waals surface area contributed by atoms with E-state index in [9.17, 15) is 9.59 Å². The fourth-order valence-electron chi connectivity index (χ4n) is 2.57. The van der Waals surface area contributed by atoms with Crippen LogP contribution in [-0.2, 0) is 4.74 Å². The summed E-state index contributed by atoms with van der Waals surface area (Å²) in [6.07, 6.45) is -0.133. The van der Waals surface area contributed by atoms with E-state index in [1.807, 2.05) is 36.6 Å². The molecular weight excluding hydrogens is 292 g/mol.